The number of azo groups is 2. The molecule has 0 unspecified atom stereocenters. The zero-order valence-electron chi connectivity index (χ0n) is 25.4. The van der Waals surface area contributed by atoms with Crippen molar-refractivity contribution in [1.82, 2.24) is 0 Å². The molecule has 6 rings (SSSR count). The third kappa shape index (κ3) is 7.84. The van der Waals surface area contributed by atoms with Crippen molar-refractivity contribution < 1.29 is 36.2 Å². The van der Waals surface area contributed by atoms with Crippen molar-refractivity contribution in [2.75, 3.05) is 0 Å². The Kier molecular flexibility index (Phi) is 11.6. The maximum absolute atomic E-state index is 11.9. The van der Waals surface area contributed by atoms with Gasteiger partial charge in [0.2, 0.25) is 0 Å². The smallest absolute Gasteiger partial charge is 0.295 e. The molecule has 0 saturated carbocycles. The molecule has 6 aromatic carbocycles. The molecule has 4 N–H and O–H groups in total. The summed E-state index contributed by atoms with van der Waals surface area (Å²) >= 11 is 0. The van der Waals surface area contributed by atoms with Crippen molar-refractivity contribution in [1.29, 1.82) is 0 Å². The van der Waals surface area contributed by atoms with E-state index in [9.17, 15) is 36.2 Å². The van der Waals surface area contributed by atoms with Crippen LogP contribution in [0.25, 0.3) is 32.7 Å². The number of hydrogen-bond acceptors (Lipinski definition) is 10. The summed E-state index contributed by atoms with van der Waals surface area (Å²) in [6.07, 6.45) is 0. The number of nitrogens with zero attached hydrogens (tertiary/aromatic N) is 4. The summed E-state index contributed by atoms with van der Waals surface area (Å²) < 4.78 is 67.1. The zero-order valence-corrected chi connectivity index (χ0v) is 31.1. The monoisotopic (exact) mass is 700 g/mol. The number of rotatable bonds is 7. The Balaban J connectivity index is 0.00000260. The van der Waals surface area contributed by atoms with E-state index in [-0.39, 0.29) is 92.8 Å². The van der Waals surface area contributed by atoms with Crippen LogP contribution in [-0.4, -0.2) is 95.3 Å². The first-order valence-corrected chi connectivity index (χ1v) is 16.3. The second-order valence-corrected chi connectivity index (χ2v) is 12.8. The molecule has 12 nitrogen and oxygen atoms in total. The molecule has 2 radical (unpaired) electrons. The van der Waals surface area contributed by atoms with Gasteiger partial charge in [0.15, 0.2) is 0 Å². The minimum absolute atomic E-state index is 0. The van der Waals surface area contributed by atoms with Gasteiger partial charge in [-0.1, -0.05) is 60.7 Å². The third-order valence-electron chi connectivity index (χ3n) is 7.07. The van der Waals surface area contributed by atoms with Crippen LogP contribution in [0.5, 0.6) is 11.5 Å². The fourth-order valence-electron chi connectivity index (χ4n) is 4.92. The van der Waals surface area contributed by atoms with Crippen LogP contribution in [0.3, 0.4) is 0 Å². The fraction of sp³-hybridized carbons (Fsp3) is 0. The van der Waals surface area contributed by atoms with E-state index in [0.717, 1.165) is 11.1 Å². The van der Waals surface area contributed by atoms with Crippen LogP contribution in [0, 0.1) is 0 Å². The van der Waals surface area contributed by atoms with Crippen molar-refractivity contribution >= 4 is 124 Å². The largest absolute Gasteiger partial charge is 0.506 e. The molecule has 0 atom stereocenters. The Labute approximate surface area is 319 Å². The van der Waals surface area contributed by atoms with E-state index in [1.165, 1.54) is 48.5 Å². The van der Waals surface area contributed by atoms with Crippen LogP contribution in [0.4, 0.5) is 22.7 Å². The summed E-state index contributed by atoms with van der Waals surface area (Å²) in [5, 5.41) is 38.3. The Morgan fingerprint density at radius 3 is 1.12 bits per heavy atom. The zero-order chi connectivity index (χ0) is 32.6. The summed E-state index contributed by atoms with van der Waals surface area (Å²) in [4.78, 5) is -0.796. The van der Waals surface area contributed by atoms with Crippen LogP contribution in [0.1, 0.15) is 0 Å². The van der Waals surface area contributed by atoms with Crippen LogP contribution in [0.15, 0.2) is 139 Å². The van der Waals surface area contributed by atoms with Crippen molar-refractivity contribution in [3.05, 3.63) is 109 Å². The second-order valence-electron chi connectivity index (χ2n) is 10.0. The van der Waals surface area contributed by atoms with Gasteiger partial charge in [-0.2, -0.15) is 27.1 Å². The van der Waals surface area contributed by atoms with Gasteiger partial charge < -0.3 is 10.2 Å². The van der Waals surface area contributed by atoms with E-state index < -0.39 is 30.0 Å². The van der Waals surface area contributed by atoms with E-state index in [0.29, 0.717) is 22.1 Å². The molecule has 0 amide bonds. The first kappa shape index (κ1) is 37.3. The molecule has 0 aliphatic carbocycles. The number of phenolic OH excluding ortho intramolecular Hbond substituents is 2. The normalized spacial score (nSPS) is 12.0. The van der Waals surface area contributed by atoms with Crippen molar-refractivity contribution in [3.63, 3.8) is 0 Å². The predicted molar refractivity (Wildman–Crippen MR) is 183 cm³/mol. The van der Waals surface area contributed by atoms with Gasteiger partial charge in [-0.3, -0.25) is 9.11 Å². The molecule has 0 saturated heterocycles. The van der Waals surface area contributed by atoms with Gasteiger partial charge in [0.1, 0.15) is 32.7 Å². The van der Waals surface area contributed by atoms with Gasteiger partial charge in [-0.15, -0.1) is 10.2 Å². The maximum Gasteiger partial charge on any atom is 0.295 e. The second kappa shape index (κ2) is 14.9. The van der Waals surface area contributed by atoms with Crippen molar-refractivity contribution in [2.24, 2.45) is 20.5 Å². The Morgan fingerprint density at radius 1 is 0.438 bits per heavy atom. The molecule has 48 heavy (non-hydrogen) atoms. The topological polar surface area (TPSA) is 199 Å². The molecular weight excluding hydrogens is 678 g/mol. The molecule has 0 aliphatic heterocycles. The van der Waals surface area contributed by atoms with E-state index in [1.807, 2.05) is 0 Å². The molecule has 0 aliphatic rings. The Bertz CT molecular complexity index is 2270. The summed E-state index contributed by atoms with van der Waals surface area (Å²) in [5.74, 6) is -0.619. The number of aromatic hydroxyl groups is 2. The number of fused-ring (bicyclic) bond motifs is 2. The average molecular weight is 701 g/mol. The van der Waals surface area contributed by atoms with Crippen molar-refractivity contribution in [3.8, 4) is 22.6 Å². The van der Waals surface area contributed by atoms with Gasteiger partial charge in [0.05, 0.1) is 11.4 Å². The van der Waals surface area contributed by atoms with Crippen LogP contribution < -0.4 is 0 Å². The molecule has 232 valence electrons. The SMILES string of the molecule is O=S(=O)(O)c1cccc2ccc(O)c(N=Nc3ccc(-c4ccc(N=Nc5c(O)ccc6cccc(S(=O)(=O)O)c56)cc4)cc3)c12.[Na].[Na]. The fourth-order valence-corrected chi connectivity index (χ4v) is 6.37. The van der Waals surface area contributed by atoms with Crippen LogP contribution in [0.2, 0.25) is 0 Å². The standard InChI is InChI=1S/C32H22N4O8S2.2Na/c37-25-17-11-21-3-1-5-27(45(39,40)41)29(21)31(25)35-33-23-13-7-19(8-14-23)20-9-15-24(16-10-20)34-36-32-26(38)18-12-22-4-2-6-28(30(22)32)46(42,43)44;;/h1-18,37-38H,(H,39,40,41)(H,42,43,44);;. The number of benzene rings is 6. The van der Waals surface area contributed by atoms with Crippen LogP contribution in [-0.2, 0) is 20.2 Å². The van der Waals surface area contributed by atoms with E-state index in [4.69, 9.17) is 0 Å². The summed E-state index contributed by atoms with van der Waals surface area (Å²) in [5.41, 5.74) is 2.24. The Morgan fingerprint density at radius 2 is 0.792 bits per heavy atom. The first-order valence-electron chi connectivity index (χ1n) is 13.4. The van der Waals surface area contributed by atoms with E-state index >= 15 is 0 Å². The van der Waals surface area contributed by atoms with E-state index in [2.05, 4.69) is 20.5 Å². The predicted octanol–water partition coefficient (Wildman–Crippen LogP) is 7.63. The van der Waals surface area contributed by atoms with Gasteiger partial charge >= 0.3 is 0 Å². The molecule has 0 spiro atoms. The summed E-state index contributed by atoms with van der Waals surface area (Å²) in [6, 6.07) is 28.2. The molecule has 0 aromatic heterocycles. The number of hydrogen-bond donors (Lipinski definition) is 4. The molecule has 0 fully saturated rings. The summed E-state index contributed by atoms with van der Waals surface area (Å²) in [6.45, 7) is 0. The molecule has 6 aromatic rings. The van der Waals surface area contributed by atoms with Gasteiger partial charge in [-0.25, -0.2) is 0 Å². The maximum atomic E-state index is 11.9. The first-order chi connectivity index (χ1) is 21.9. The molecule has 0 bridgehead atoms. The van der Waals surface area contributed by atoms with E-state index in [1.54, 1.807) is 60.7 Å². The number of phenols is 2. The average Bonchev–Trinajstić information content (AvgIpc) is 3.03. The Hall–Kier alpha value is -3.54. The molecule has 16 heteroatoms. The summed E-state index contributed by atoms with van der Waals surface area (Å²) in [7, 11) is -9.19. The molecule has 0 heterocycles. The minimum Gasteiger partial charge on any atom is -0.506 e. The van der Waals surface area contributed by atoms with Gasteiger partial charge in [0, 0.05) is 69.9 Å². The quantitative estimate of drug-likeness (QED) is 0.0740. The van der Waals surface area contributed by atoms with Gasteiger partial charge in [-0.05, 0) is 70.4 Å². The van der Waals surface area contributed by atoms with Gasteiger partial charge in [0.25, 0.3) is 20.2 Å². The van der Waals surface area contributed by atoms with Crippen molar-refractivity contribution in [2.45, 2.75) is 9.79 Å². The minimum atomic E-state index is -4.59. The van der Waals surface area contributed by atoms with Crippen LogP contribution >= 0.6 is 0 Å². The molecular formula is C32H22N4Na2O8S2. The third-order valence-corrected chi connectivity index (χ3v) is 8.86.